The van der Waals surface area contributed by atoms with Gasteiger partial charge in [-0.15, -0.1) is 0 Å². The third kappa shape index (κ3) is 6.53. The Bertz CT molecular complexity index is 538. The number of amides is 1. The van der Waals surface area contributed by atoms with Crippen LogP contribution in [0, 0.1) is 17.0 Å². The third-order valence-corrected chi connectivity index (χ3v) is 2.77. The van der Waals surface area contributed by atoms with E-state index in [2.05, 4.69) is 10.6 Å². The second-order valence-corrected chi connectivity index (χ2v) is 5.98. The smallest absolute Gasteiger partial charge is 0.407 e. The molecule has 1 aromatic rings. The van der Waals surface area contributed by atoms with E-state index < -0.39 is 11.7 Å². The molecule has 1 aromatic carbocycles. The first kappa shape index (κ1) is 17.9. The Labute approximate surface area is 130 Å². The molecule has 122 valence electrons. The van der Waals surface area contributed by atoms with Crippen LogP contribution in [0.15, 0.2) is 18.2 Å². The van der Waals surface area contributed by atoms with Crippen molar-refractivity contribution >= 4 is 11.8 Å². The van der Waals surface area contributed by atoms with Gasteiger partial charge in [-0.1, -0.05) is 12.1 Å². The van der Waals surface area contributed by atoms with Crippen LogP contribution in [0.25, 0.3) is 0 Å². The molecule has 0 aromatic heterocycles. The van der Waals surface area contributed by atoms with Crippen molar-refractivity contribution in [1.82, 2.24) is 10.6 Å². The molecular weight excluding hydrogens is 286 g/mol. The lowest BCUT2D eigenvalue weighted by Crippen LogP contribution is -2.36. The Morgan fingerprint density at radius 2 is 2.00 bits per heavy atom. The Hall–Kier alpha value is -2.15. The number of carbonyl (C=O) groups is 1. The first-order valence-corrected chi connectivity index (χ1v) is 7.10. The number of ether oxygens (including phenoxy) is 1. The van der Waals surface area contributed by atoms with E-state index in [4.69, 9.17) is 4.74 Å². The minimum absolute atomic E-state index is 0.117. The number of carbonyl (C=O) groups excluding carboxylic acids is 1. The van der Waals surface area contributed by atoms with Gasteiger partial charge in [0.25, 0.3) is 5.69 Å². The van der Waals surface area contributed by atoms with Crippen molar-refractivity contribution in [1.29, 1.82) is 0 Å². The van der Waals surface area contributed by atoms with Crippen molar-refractivity contribution < 1.29 is 14.5 Å². The van der Waals surface area contributed by atoms with Crippen molar-refractivity contribution in [3.63, 3.8) is 0 Å². The zero-order valence-corrected chi connectivity index (χ0v) is 13.4. The average molecular weight is 309 g/mol. The lowest BCUT2D eigenvalue weighted by Gasteiger charge is -2.19. The Morgan fingerprint density at radius 3 is 2.59 bits per heavy atom. The van der Waals surface area contributed by atoms with Gasteiger partial charge in [0.15, 0.2) is 0 Å². The van der Waals surface area contributed by atoms with Crippen molar-refractivity contribution in [3.8, 4) is 0 Å². The van der Waals surface area contributed by atoms with E-state index in [9.17, 15) is 14.9 Å². The molecule has 1 amide bonds. The van der Waals surface area contributed by atoms with E-state index >= 15 is 0 Å². The lowest BCUT2D eigenvalue weighted by atomic mass is 10.1. The van der Waals surface area contributed by atoms with Gasteiger partial charge in [-0.2, -0.15) is 0 Å². The first-order chi connectivity index (χ1) is 10.2. The molecule has 0 spiro atoms. The zero-order chi connectivity index (χ0) is 16.8. The number of alkyl carbamates (subject to hydrolysis) is 1. The lowest BCUT2D eigenvalue weighted by molar-refractivity contribution is -0.385. The molecule has 7 heteroatoms. The predicted octanol–water partition coefficient (Wildman–Crippen LogP) is 2.52. The van der Waals surface area contributed by atoms with Gasteiger partial charge in [0.1, 0.15) is 5.60 Å². The number of hydrogen-bond acceptors (Lipinski definition) is 5. The van der Waals surface area contributed by atoms with Gasteiger partial charge >= 0.3 is 6.09 Å². The highest BCUT2D eigenvalue weighted by Crippen LogP contribution is 2.18. The third-order valence-electron chi connectivity index (χ3n) is 2.77. The van der Waals surface area contributed by atoms with Gasteiger partial charge in [-0.3, -0.25) is 10.1 Å². The molecule has 0 fully saturated rings. The number of nitro benzene ring substituents is 1. The molecule has 2 N–H and O–H groups in total. The average Bonchev–Trinajstić information content (AvgIpc) is 2.37. The standard InChI is InChI=1S/C15H23N3O4/c1-11-5-6-12(9-13(11)18(20)21)10-16-7-8-17-14(19)22-15(2,3)4/h5-6,9,16H,7-8,10H2,1-4H3,(H,17,19). The topological polar surface area (TPSA) is 93.5 Å². The summed E-state index contributed by atoms with van der Waals surface area (Å²) in [7, 11) is 0. The number of hydrogen-bond donors (Lipinski definition) is 2. The summed E-state index contributed by atoms with van der Waals surface area (Å²) in [6.07, 6.45) is -0.458. The summed E-state index contributed by atoms with van der Waals surface area (Å²) in [5.74, 6) is 0. The normalized spacial score (nSPS) is 11.1. The van der Waals surface area contributed by atoms with Crippen LogP contribution in [-0.4, -0.2) is 29.7 Å². The van der Waals surface area contributed by atoms with Crippen LogP contribution in [0.2, 0.25) is 0 Å². The predicted molar refractivity (Wildman–Crippen MR) is 83.8 cm³/mol. The number of nitro groups is 1. The fraction of sp³-hybridized carbons (Fsp3) is 0.533. The molecule has 7 nitrogen and oxygen atoms in total. The first-order valence-electron chi connectivity index (χ1n) is 7.10. The van der Waals surface area contributed by atoms with Gasteiger partial charge in [0.05, 0.1) is 4.92 Å². The highest BCUT2D eigenvalue weighted by atomic mass is 16.6. The largest absolute Gasteiger partial charge is 0.444 e. The number of benzene rings is 1. The van der Waals surface area contributed by atoms with Gasteiger partial charge in [0.2, 0.25) is 0 Å². The SMILES string of the molecule is Cc1ccc(CNCCNC(=O)OC(C)(C)C)cc1[N+](=O)[O-]. The molecule has 0 unspecified atom stereocenters. The van der Waals surface area contributed by atoms with Crippen molar-refractivity contribution in [2.45, 2.75) is 39.8 Å². The molecule has 0 radical (unpaired) electrons. The Kier molecular flexibility index (Phi) is 6.30. The van der Waals surface area contributed by atoms with Gasteiger partial charge in [-0.25, -0.2) is 4.79 Å². The van der Waals surface area contributed by atoms with Crippen molar-refractivity contribution in [3.05, 3.63) is 39.4 Å². The Morgan fingerprint density at radius 1 is 1.32 bits per heavy atom. The minimum atomic E-state index is -0.516. The van der Waals surface area contributed by atoms with E-state index in [1.807, 2.05) is 6.07 Å². The molecule has 0 aliphatic carbocycles. The summed E-state index contributed by atoms with van der Waals surface area (Å²) in [4.78, 5) is 21.9. The second kappa shape index (κ2) is 7.74. The molecule has 0 saturated carbocycles. The van der Waals surface area contributed by atoms with Gasteiger partial charge in [0, 0.05) is 31.3 Å². The molecule has 0 aliphatic heterocycles. The molecule has 0 saturated heterocycles. The highest BCUT2D eigenvalue weighted by molar-refractivity contribution is 5.67. The molecular formula is C15H23N3O4. The quantitative estimate of drug-likeness (QED) is 0.478. The summed E-state index contributed by atoms with van der Waals surface area (Å²) in [6, 6.07) is 5.13. The van der Waals surface area contributed by atoms with Crippen LogP contribution in [0.5, 0.6) is 0 Å². The van der Waals surface area contributed by atoms with Gasteiger partial charge in [-0.05, 0) is 33.3 Å². The fourth-order valence-electron chi connectivity index (χ4n) is 1.76. The van der Waals surface area contributed by atoms with Crippen LogP contribution < -0.4 is 10.6 Å². The maximum absolute atomic E-state index is 11.4. The molecule has 0 heterocycles. The second-order valence-electron chi connectivity index (χ2n) is 5.98. The maximum Gasteiger partial charge on any atom is 0.407 e. The van der Waals surface area contributed by atoms with E-state index in [1.54, 1.807) is 39.8 Å². The number of rotatable bonds is 6. The summed E-state index contributed by atoms with van der Waals surface area (Å²) in [5, 5.41) is 16.6. The van der Waals surface area contributed by atoms with Crippen LogP contribution in [-0.2, 0) is 11.3 Å². The van der Waals surface area contributed by atoms with E-state index in [1.165, 1.54) is 0 Å². The number of aryl methyl sites for hydroxylation is 1. The van der Waals surface area contributed by atoms with Gasteiger partial charge < -0.3 is 15.4 Å². The molecule has 0 aliphatic rings. The summed E-state index contributed by atoms with van der Waals surface area (Å²) >= 11 is 0. The summed E-state index contributed by atoms with van der Waals surface area (Å²) in [5.41, 5.74) is 1.07. The van der Waals surface area contributed by atoms with Crippen molar-refractivity contribution in [2.24, 2.45) is 0 Å². The number of nitrogens with one attached hydrogen (secondary N) is 2. The minimum Gasteiger partial charge on any atom is -0.444 e. The molecule has 1 rings (SSSR count). The van der Waals surface area contributed by atoms with Crippen LogP contribution in [0.3, 0.4) is 0 Å². The van der Waals surface area contributed by atoms with Crippen molar-refractivity contribution in [2.75, 3.05) is 13.1 Å². The fourth-order valence-corrected chi connectivity index (χ4v) is 1.76. The molecule has 0 bridgehead atoms. The highest BCUT2D eigenvalue weighted by Gasteiger charge is 2.15. The maximum atomic E-state index is 11.4. The zero-order valence-electron chi connectivity index (χ0n) is 13.4. The van der Waals surface area contributed by atoms with E-state index in [0.717, 1.165) is 5.56 Å². The summed E-state index contributed by atoms with van der Waals surface area (Å²) < 4.78 is 5.11. The van der Waals surface area contributed by atoms with Crippen LogP contribution >= 0.6 is 0 Å². The molecule has 0 atom stereocenters. The van der Waals surface area contributed by atoms with E-state index in [-0.39, 0.29) is 10.6 Å². The molecule has 22 heavy (non-hydrogen) atoms. The Balaban J connectivity index is 2.32. The number of nitrogens with zero attached hydrogens (tertiary/aromatic N) is 1. The summed E-state index contributed by atoms with van der Waals surface area (Å²) in [6.45, 7) is 8.57. The van der Waals surface area contributed by atoms with E-state index in [0.29, 0.717) is 25.2 Å². The monoisotopic (exact) mass is 309 g/mol. The van der Waals surface area contributed by atoms with Crippen LogP contribution in [0.4, 0.5) is 10.5 Å². The van der Waals surface area contributed by atoms with Crippen LogP contribution in [0.1, 0.15) is 31.9 Å².